The Morgan fingerprint density at radius 1 is 1.46 bits per heavy atom. The summed E-state index contributed by atoms with van der Waals surface area (Å²) >= 11 is 0. The van der Waals surface area contributed by atoms with Gasteiger partial charge in [-0.15, -0.1) is 0 Å². The SMILES string of the molecule is C=CC(=O)Nc1ccc([B]C)cc1. The van der Waals surface area contributed by atoms with Gasteiger partial charge in [0.05, 0.1) is 0 Å². The lowest BCUT2D eigenvalue weighted by molar-refractivity contribution is -0.111. The number of benzene rings is 1. The lowest BCUT2D eigenvalue weighted by Crippen LogP contribution is -2.11. The van der Waals surface area contributed by atoms with Gasteiger partial charge in [0.25, 0.3) is 0 Å². The van der Waals surface area contributed by atoms with E-state index in [9.17, 15) is 4.79 Å². The fourth-order valence-electron chi connectivity index (χ4n) is 0.952. The fourth-order valence-corrected chi connectivity index (χ4v) is 0.952. The first-order valence-corrected chi connectivity index (χ1v) is 4.09. The van der Waals surface area contributed by atoms with Crippen molar-refractivity contribution in [1.82, 2.24) is 0 Å². The lowest BCUT2D eigenvalue weighted by atomic mass is 9.73. The molecule has 0 spiro atoms. The average Bonchev–Trinajstić information content (AvgIpc) is 2.19. The molecule has 1 aromatic carbocycles. The molecule has 0 fully saturated rings. The second-order valence-corrected chi connectivity index (χ2v) is 2.60. The third-order valence-corrected chi connectivity index (χ3v) is 1.70. The van der Waals surface area contributed by atoms with E-state index in [2.05, 4.69) is 11.9 Å². The Hall–Kier alpha value is -1.51. The molecule has 0 unspecified atom stereocenters. The fraction of sp³-hybridized carbons (Fsp3) is 0.100. The third kappa shape index (κ3) is 2.78. The minimum Gasteiger partial charge on any atom is -0.323 e. The van der Waals surface area contributed by atoms with Gasteiger partial charge in [0.1, 0.15) is 7.28 Å². The summed E-state index contributed by atoms with van der Waals surface area (Å²) in [7, 11) is 2.00. The molecule has 0 aromatic heterocycles. The van der Waals surface area contributed by atoms with Crippen LogP contribution in [0.4, 0.5) is 5.69 Å². The molecule has 1 aromatic rings. The molecule has 2 nitrogen and oxygen atoms in total. The van der Waals surface area contributed by atoms with Crippen LogP contribution >= 0.6 is 0 Å². The molecule has 1 radical (unpaired) electrons. The number of nitrogens with one attached hydrogen (secondary N) is 1. The predicted molar refractivity (Wildman–Crippen MR) is 56.5 cm³/mol. The molecule has 0 bridgehead atoms. The second kappa shape index (κ2) is 4.50. The number of carbonyl (C=O) groups is 1. The van der Waals surface area contributed by atoms with E-state index in [0.717, 1.165) is 11.2 Å². The van der Waals surface area contributed by atoms with Crippen LogP contribution < -0.4 is 10.8 Å². The van der Waals surface area contributed by atoms with E-state index in [1.54, 1.807) is 0 Å². The van der Waals surface area contributed by atoms with Crippen LogP contribution in [0.2, 0.25) is 6.82 Å². The predicted octanol–water partition coefficient (Wildman–Crippen LogP) is 1.19. The highest BCUT2D eigenvalue weighted by atomic mass is 16.1. The maximum absolute atomic E-state index is 10.9. The summed E-state index contributed by atoms with van der Waals surface area (Å²) in [6.45, 7) is 5.34. The van der Waals surface area contributed by atoms with Crippen molar-refractivity contribution in [2.24, 2.45) is 0 Å². The molecule has 1 amide bonds. The Balaban J connectivity index is 2.69. The van der Waals surface area contributed by atoms with Gasteiger partial charge in [-0.25, -0.2) is 0 Å². The van der Waals surface area contributed by atoms with Crippen molar-refractivity contribution in [3.8, 4) is 0 Å². The van der Waals surface area contributed by atoms with Gasteiger partial charge < -0.3 is 5.32 Å². The van der Waals surface area contributed by atoms with Crippen molar-refractivity contribution in [2.75, 3.05) is 5.32 Å². The molecule has 0 atom stereocenters. The minimum absolute atomic E-state index is 0.187. The molecule has 0 aliphatic rings. The molecule has 1 rings (SSSR count). The molecule has 1 N–H and O–H groups in total. The summed E-state index contributed by atoms with van der Waals surface area (Å²) in [5, 5.41) is 2.67. The summed E-state index contributed by atoms with van der Waals surface area (Å²) < 4.78 is 0. The molecule has 0 heterocycles. The Labute approximate surface area is 78.9 Å². The van der Waals surface area contributed by atoms with Crippen LogP contribution in [0, 0.1) is 0 Å². The molecular weight excluding hydrogens is 161 g/mol. The van der Waals surface area contributed by atoms with E-state index in [0.29, 0.717) is 0 Å². The summed E-state index contributed by atoms with van der Waals surface area (Å²) in [6, 6.07) is 7.60. The average molecular weight is 172 g/mol. The topological polar surface area (TPSA) is 29.1 Å². The van der Waals surface area contributed by atoms with Crippen molar-refractivity contribution >= 4 is 24.3 Å². The largest absolute Gasteiger partial charge is 0.323 e. The summed E-state index contributed by atoms with van der Waals surface area (Å²) in [5.41, 5.74) is 1.92. The van der Waals surface area contributed by atoms with Crippen LogP contribution in [0.3, 0.4) is 0 Å². The number of amides is 1. The van der Waals surface area contributed by atoms with E-state index < -0.39 is 0 Å². The van der Waals surface area contributed by atoms with Crippen molar-refractivity contribution < 1.29 is 4.79 Å². The maximum Gasteiger partial charge on any atom is 0.247 e. The number of hydrogen-bond donors (Lipinski definition) is 1. The highest BCUT2D eigenvalue weighted by Gasteiger charge is 1.95. The molecule has 3 heteroatoms. The van der Waals surface area contributed by atoms with Crippen molar-refractivity contribution in [3.63, 3.8) is 0 Å². The highest BCUT2D eigenvalue weighted by Crippen LogP contribution is 2.03. The zero-order chi connectivity index (χ0) is 9.68. The molecule has 0 aliphatic heterocycles. The van der Waals surface area contributed by atoms with Crippen molar-refractivity contribution in [1.29, 1.82) is 0 Å². The standard InChI is InChI=1S/C10H11BNO/c1-3-10(13)12-9-6-4-8(11-2)5-7-9/h3-7H,1H2,2H3,(H,12,13). The molecule has 0 saturated heterocycles. The minimum atomic E-state index is -0.187. The lowest BCUT2D eigenvalue weighted by Gasteiger charge is -2.02. The summed E-state index contributed by atoms with van der Waals surface area (Å²) in [5.74, 6) is -0.187. The molecular formula is C10H11BNO. The maximum atomic E-state index is 10.9. The van der Waals surface area contributed by atoms with E-state index in [1.165, 1.54) is 6.08 Å². The first-order valence-electron chi connectivity index (χ1n) is 4.09. The van der Waals surface area contributed by atoms with Gasteiger partial charge >= 0.3 is 0 Å². The van der Waals surface area contributed by atoms with Gasteiger partial charge in [-0.05, 0) is 18.2 Å². The van der Waals surface area contributed by atoms with Crippen LogP contribution in [-0.2, 0) is 4.79 Å². The van der Waals surface area contributed by atoms with Crippen LogP contribution in [0.1, 0.15) is 0 Å². The van der Waals surface area contributed by atoms with E-state index in [4.69, 9.17) is 0 Å². The van der Waals surface area contributed by atoms with Crippen LogP contribution in [0.15, 0.2) is 36.9 Å². The molecule has 0 saturated carbocycles. The van der Waals surface area contributed by atoms with Crippen LogP contribution in [0.5, 0.6) is 0 Å². The quantitative estimate of drug-likeness (QED) is 0.538. The van der Waals surface area contributed by atoms with Gasteiger partial charge in [0.2, 0.25) is 5.91 Å². The number of hydrogen-bond acceptors (Lipinski definition) is 1. The van der Waals surface area contributed by atoms with Crippen molar-refractivity contribution in [3.05, 3.63) is 36.9 Å². The summed E-state index contributed by atoms with van der Waals surface area (Å²) in [6.07, 6.45) is 1.25. The Bertz CT molecular complexity index is 305. The number of anilines is 1. The Kier molecular flexibility index (Phi) is 3.32. The smallest absolute Gasteiger partial charge is 0.247 e. The van der Waals surface area contributed by atoms with E-state index in [-0.39, 0.29) is 5.91 Å². The zero-order valence-corrected chi connectivity index (χ0v) is 7.58. The Morgan fingerprint density at radius 3 is 2.54 bits per heavy atom. The van der Waals surface area contributed by atoms with Gasteiger partial charge in [-0.2, -0.15) is 0 Å². The van der Waals surface area contributed by atoms with Gasteiger partial charge in [0.15, 0.2) is 0 Å². The van der Waals surface area contributed by atoms with Gasteiger partial charge in [0, 0.05) is 5.69 Å². The second-order valence-electron chi connectivity index (χ2n) is 2.60. The monoisotopic (exact) mass is 172 g/mol. The van der Waals surface area contributed by atoms with Crippen LogP contribution in [0.25, 0.3) is 0 Å². The van der Waals surface area contributed by atoms with Gasteiger partial charge in [-0.1, -0.05) is 31.0 Å². The first-order chi connectivity index (χ1) is 6.26. The highest BCUT2D eigenvalue weighted by molar-refractivity contribution is 6.51. The first kappa shape index (κ1) is 9.58. The molecule has 65 valence electrons. The van der Waals surface area contributed by atoms with E-state index in [1.807, 2.05) is 38.4 Å². The number of rotatable bonds is 3. The van der Waals surface area contributed by atoms with E-state index >= 15 is 0 Å². The van der Waals surface area contributed by atoms with Gasteiger partial charge in [-0.3, -0.25) is 4.79 Å². The van der Waals surface area contributed by atoms with Crippen LogP contribution in [-0.4, -0.2) is 13.2 Å². The molecule has 13 heavy (non-hydrogen) atoms. The molecule has 0 aliphatic carbocycles. The normalized spacial score (nSPS) is 9.00. The van der Waals surface area contributed by atoms with Crippen molar-refractivity contribution in [2.45, 2.75) is 6.82 Å². The summed E-state index contributed by atoms with van der Waals surface area (Å²) in [4.78, 5) is 10.9. The number of carbonyl (C=O) groups excluding carboxylic acids is 1. The Morgan fingerprint density at radius 2 is 2.08 bits per heavy atom. The zero-order valence-electron chi connectivity index (χ0n) is 7.58. The third-order valence-electron chi connectivity index (χ3n) is 1.70.